The molecule has 0 aromatic heterocycles. The Balaban J connectivity index is 4.02. The third kappa shape index (κ3) is 3.16. The van der Waals surface area contributed by atoms with Crippen molar-refractivity contribution >= 4 is 11.8 Å². The zero-order valence-corrected chi connectivity index (χ0v) is 6.67. The van der Waals surface area contributed by atoms with Gasteiger partial charge in [0, 0.05) is 5.92 Å². The number of hydrogen-bond acceptors (Lipinski definition) is 2. The average Bonchev–Trinajstić information content (AvgIpc) is 1.98. The summed E-state index contributed by atoms with van der Waals surface area (Å²) >= 11 is 0. The third-order valence-corrected chi connectivity index (χ3v) is 1.57. The summed E-state index contributed by atoms with van der Waals surface area (Å²) in [7, 11) is 0. The summed E-state index contributed by atoms with van der Waals surface area (Å²) in [5.74, 6) is -2.44. The number of rotatable bonds is 5. The molecule has 1 radical (unpaired) electrons. The highest BCUT2D eigenvalue weighted by molar-refractivity contribution is 6.33. The van der Waals surface area contributed by atoms with Gasteiger partial charge in [-0.15, -0.1) is 0 Å². The van der Waals surface area contributed by atoms with Crippen LogP contribution in [0.5, 0.6) is 0 Å². The summed E-state index contributed by atoms with van der Waals surface area (Å²) in [6.45, 7) is 5.44. The number of ketones is 1. The molecule has 0 saturated carbocycles. The lowest BCUT2D eigenvalue weighted by Gasteiger charge is -2.07. The summed E-state index contributed by atoms with van der Waals surface area (Å²) in [5.41, 5.74) is 0. The van der Waals surface area contributed by atoms with Crippen molar-refractivity contribution in [3.63, 3.8) is 0 Å². The van der Waals surface area contributed by atoms with Gasteiger partial charge in [0.2, 0.25) is 5.78 Å². The van der Waals surface area contributed by atoms with Gasteiger partial charge in [-0.1, -0.05) is 20.3 Å². The predicted octanol–water partition coefficient (Wildman–Crippen LogP) is 1.28. The number of Topliss-reactive ketones (excluding diaryl/α,β-unsaturated/α-hetero) is 1. The second-order valence-corrected chi connectivity index (χ2v) is 2.44. The van der Waals surface area contributed by atoms with Gasteiger partial charge in [0.15, 0.2) is 0 Å². The Labute approximate surface area is 66.4 Å². The molecule has 3 nitrogen and oxygen atoms in total. The smallest absolute Gasteiger partial charge is 0.372 e. The van der Waals surface area contributed by atoms with Crippen molar-refractivity contribution in [1.82, 2.24) is 0 Å². The van der Waals surface area contributed by atoms with E-state index in [1.54, 1.807) is 0 Å². The fraction of sp³-hybridized carbons (Fsp3) is 0.625. The Morgan fingerprint density at radius 2 is 2.09 bits per heavy atom. The van der Waals surface area contributed by atoms with Gasteiger partial charge in [-0.3, -0.25) is 4.79 Å². The standard InChI is InChI=1S/C8H13O3/c1-3-5-6(4-2)7(9)8(10)11/h6H,2-5H2,1H3,(H,10,11). The van der Waals surface area contributed by atoms with Crippen molar-refractivity contribution in [3.05, 3.63) is 6.92 Å². The van der Waals surface area contributed by atoms with E-state index in [-0.39, 0.29) is 0 Å². The van der Waals surface area contributed by atoms with E-state index in [2.05, 4.69) is 6.92 Å². The normalized spacial score (nSPS) is 12.5. The van der Waals surface area contributed by atoms with E-state index in [4.69, 9.17) is 5.11 Å². The van der Waals surface area contributed by atoms with E-state index in [1.807, 2.05) is 6.92 Å². The Bertz CT molecular complexity index is 151. The highest BCUT2D eigenvalue weighted by atomic mass is 16.4. The second-order valence-electron chi connectivity index (χ2n) is 2.44. The number of hydrogen-bond donors (Lipinski definition) is 1. The van der Waals surface area contributed by atoms with Gasteiger partial charge in [-0.25, -0.2) is 4.79 Å². The molecule has 0 saturated heterocycles. The molecular weight excluding hydrogens is 144 g/mol. The molecule has 0 aromatic carbocycles. The molecule has 0 amide bonds. The van der Waals surface area contributed by atoms with Crippen LogP contribution in [0.2, 0.25) is 0 Å². The van der Waals surface area contributed by atoms with Gasteiger partial charge in [0.25, 0.3) is 0 Å². The predicted molar refractivity (Wildman–Crippen MR) is 41.0 cm³/mol. The van der Waals surface area contributed by atoms with E-state index >= 15 is 0 Å². The molecule has 0 aromatic rings. The molecule has 1 N–H and O–H groups in total. The van der Waals surface area contributed by atoms with Gasteiger partial charge in [0.1, 0.15) is 0 Å². The molecule has 3 heteroatoms. The Kier molecular flexibility index (Phi) is 4.50. The summed E-state index contributed by atoms with van der Waals surface area (Å²) < 4.78 is 0. The number of carboxylic acid groups (broad SMARTS) is 1. The fourth-order valence-corrected chi connectivity index (χ4v) is 0.930. The first-order valence-corrected chi connectivity index (χ1v) is 3.69. The van der Waals surface area contributed by atoms with Gasteiger partial charge < -0.3 is 5.11 Å². The molecule has 11 heavy (non-hydrogen) atoms. The lowest BCUT2D eigenvalue weighted by Crippen LogP contribution is -2.22. The zero-order valence-electron chi connectivity index (χ0n) is 6.67. The lowest BCUT2D eigenvalue weighted by molar-refractivity contribution is -0.151. The molecule has 0 spiro atoms. The zero-order chi connectivity index (χ0) is 8.85. The Morgan fingerprint density at radius 1 is 1.55 bits per heavy atom. The van der Waals surface area contributed by atoms with E-state index in [9.17, 15) is 9.59 Å². The monoisotopic (exact) mass is 157 g/mol. The quantitative estimate of drug-likeness (QED) is 0.611. The number of aliphatic carboxylic acids is 1. The maximum atomic E-state index is 10.8. The molecule has 1 atom stereocenters. The second kappa shape index (κ2) is 4.88. The van der Waals surface area contributed by atoms with E-state index in [0.717, 1.165) is 6.42 Å². The third-order valence-electron chi connectivity index (χ3n) is 1.57. The molecule has 0 aliphatic carbocycles. The van der Waals surface area contributed by atoms with Crippen LogP contribution >= 0.6 is 0 Å². The first kappa shape index (κ1) is 10.1. The Hall–Kier alpha value is -0.860. The van der Waals surface area contributed by atoms with Crippen molar-refractivity contribution in [2.75, 3.05) is 0 Å². The minimum Gasteiger partial charge on any atom is -0.475 e. The van der Waals surface area contributed by atoms with Crippen molar-refractivity contribution in [2.24, 2.45) is 5.92 Å². The van der Waals surface area contributed by atoms with Crippen LogP contribution in [-0.2, 0) is 9.59 Å². The van der Waals surface area contributed by atoms with Crippen molar-refractivity contribution in [3.8, 4) is 0 Å². The Morgan fingerprint density at radius 3 is 2.36 bits per heavy atom. The minimum absolute atomic E-state index is 0.374. The molecule has 0 fully saturated rings. The maximum Gasteiger partial charge on any atom is 0.372 e. The van der Waals surface area contributed by atoms with E-state index in [1.165, 1.54) is 0 Å². The van der Waals surface area contributed by atoms with Crippen LogP contribution in [0.3, 0.4) is 0 Å². The molecule has 1 unspecified atom stereocenters. The van der Waals surface area contributed by atoms with Gasteiger partial charge in [-0.05, 0) is 12.8 Å². The molecular formula is C8H13O3. The summed E-state index contributed by atoms with van der Waals surface area (Å²) in [6.07, 6.45) is 1.81. The van der Waals surface area contributed by atoms with Crippen molar-refractivity contribution in [2.45, 2.75) is 26.2 Å². The van der Waals surface area contributed by atoms with E-state index in [0.29, 0.717) is 12.8 Å². The highest BCUT2D eigenvalue weighted by Crippen LogP contribution is 2.11. The van der Waals surface area contributed by atoms with Crippen LogP contribution in [0.4, 0.5) is 0 Å². The van der Waals surface area contributed by atoms with Crippen LogP contribution in [0.1, 0.15) is 26.2 Å². The van der Waals surface area contributed by atoms with Gasteiger partial charge in [0.05, 0.1) is 0 Å². The van der Waals surface area contributed by atoms with E-state index < -0.39 is 17.7 Å². The highest BCUT2D eigenvalue weighted by Gasteiger charge is 2.21. The van der Waals surface area contributed by atoms with Crippen LogP contribution in [0.25, 0.3) is 0 Å². The van der Waals surface area contributed by atoms with Crippen LogP contribution in [-0.4, -0.2) is 16.9 Å². The fourth-order valence-electron chi connectivity index (χ4n) is 0.930. The van der Waals surface area contributed by atoms with Crippen LogP contribution in [0, 0.1) is 12.8 Å². The lowest BCUT2D eigenvalue weighted by atomic mass is 9.96. The first-order valence-electron chi connectivity index (χ1n) is 3.69. The van der Waals surface area contributed by atoms with Crippen LogP contribution < -0.4 is 0 Å². The number of carbonyl (C=O) groups excluding carboxylic acids is 1. The number of carbonyl (C=O) groups is 2. The SMILES string of the molecule is [CH2]CC(CCC)C(=O)C(=O)O. The number of carboxylic acids is 1. The minimum atomic E-state index is -1.34. The molecule has 63 valence electrons. The summed E-state index contributed by atoms with van der Waals surface area (Å²) in [5, 5.41) is 8.33. The van der Waals surface area contributed by atoms with Gasteiger partial charge >= 0.3 is 5.97 Å². The van der Waals surface area contributed by atoms with Crippen molar-refractivity contribution in [1.29, 1.82) is 0 Å². The summed E-state index contributed by atoms with van der Waals surface area (Å²) in [4.78, 5) is 21.0. The largest absolute Gasteiger partial charge is 0.475 e. The van der Waals surface area contributed by atoms with Crippen LogP contribution in [0.15, 0.2) is 0 Å². The first-order chi connectivity index (χ1) is 5.13. The maximum absolute atomic E-state index is 10.8. The summed E-state index contributed by atoms with van der Waals surface area (Å²) in [6, 6.07) is 0. The average molecular weight is 157 g/mol. The van der Waals surface area contributed by atoms with Gasteiger partial charge in [-0.2, -0.15) is 0 Å². The molecule has 0 heterocycles. The molecule has 0 aliphatic heterocycles. The van der Waals surface area contributed by atoms with Crippen molar-refractivity contribution < 1.29 is 14.7 Å². The topological polar surface area (TPSA) is 54.4 Å². The molecule has 0 bridgehead atoms. The molecule has 0 aliphatic rings. The molecule has 0 rings (SSSR count).